The summed E-state index contributed by atoms with van der Waals surface area (Å²) in [5, 5.41) is 0. The van der Waals surface area contributed by atoms with E-state index in [0.29, 0.717) is 17.3 Å². The Balaban J connectivity index is 2.11. The van der Waals surface area contributed by atoms with Gasteiger partial charge in [-0.25, -0.2) is 0 Å². The molecule has 0 amide bonds. The maximum absolute atomic E-state index is 2.60. The molecule has 2 aromatic heterocycles. The Morgan fingerprint density at radius 2 is 1.11 bits per heavy atom. The largest absolute Gasteiger partial charge is 0.139 e. The molecule has 0 N–H and O–H groups in total. The zero-order valence-electron chi connectivity index (χ0n) is 18.3. The fourth-order valence-corrected chi connectivity index (χ4v) is 7.28. The zero-order valence-corrected chi connectivity index (χ0v) is 19.9. The van der Waals surface area contributed by atoms with Crippen molar-refractivity contribution in [1.29, 1.82) is 0 Å². The second-order valence-corrected chi connectivity index (χ2v) is 11.3. The SMILES string of the molecule is CCCCCC1(CCCCC)c2cc(C(C)C)sc2-c2sc(C(C)C)cc21. The van der Waals surface area contributed by atoms with E-state index in [1.54, 1.807) is 30.6 Å². The highest BCUT2D eigenvalue weighted by Crippen LogP contribution is 2.60. The van der Waals surface area contributed by atoms with Crippen LogP contribution in [0.3, 0.4) is 0 Å². The third-order valence-corrected chi connectivity index (χ3v) is 9.33. The summed E-state index contributed by atoms with van der Waals surface area (Å²) in [6.45, 7) is 14.1. The first-order chi connectivity index (χ1) is 12.9. The first-order valence-electron chi connectivity index (χ1n) is 11.2. The van der Waals surface area contributed by atoms with E-state index in [0.717, 1.165) is 0 Å². The van der Waals surface area contributed by atoms with Crippen LogP contribution in [0.15, 0.2) is 12.1 Å². The molecule has 2 heterocycles. The van der Waals surface area contributed by atoms with Gasteiger partial charge in [0.05, 0.1) is 0 Å². The van der Waals surface area contributed by atoms with Crippen LogP contribution in [-0.4, -0.2) is 0 Å². The standard InChI is InChI=1S/C25H38S2/c1-7-9-11-13-25(14-12-10-8-2)19-15-21(17(3)4)26-23(19)24-20(25)16-22(27-24)18(5)6/h15-18H,7-14H2,1-6H3. The van der Waals surface area contributed by atoms with E-state index < -0.39 is 0 Å². The summed E-state index contributed by atoms with van der Waals surface area (Å²) < 4.78 is 0. The maximum atomic E-state index is 2.60. The van der Waals surface area contributed by atoms with Gasteiger partial charge in [-0.2, -0.15) is 0 Å². The first-order valence-corrected chi connectivity index (χ1v) is 12.9. The molecule has 0 atom stereocenters. The molecule has 0 bridgehead atoms. The Morgan fingerprint density at radius 1 is 0.704 bits per heavy atom. The summed E-state index contributed by atoms with van der Waals surface area (Å²) >= 11 is 4.18. The Kier molecular flexibility index (Phi) is 6.90. The van der Waals surface area contributed by atoms with Crippen molar-refractivity contribution < 1.29 is 0 Å². The molecule has 0 aromatic carbocycles. The summed E-state index contributed by atoms with van der Waals surface area (Å²) in [6.07, 6.45) is 10.8. The number of thiophene rings is 2. The fourth-order valence-electron chi connectivity index (χ4n) is 4.60. The Morgan fingerprint density at radius 3 is 1.44 bits per heavy atom. The first kappa shape index (κ1) is 21.1. The van der Waals surface area contributed by atoms with Gasteiger partial charge in [-0.3, -0.25) is 0 Å². The normalized spacial score (nSPS) is 15.0. The predicted octanol–water partition coefficient (Wildman–Crippen LogP) is 9.48. The van der Waals surface area contributed by atoms with Gasteiger partial charge in [0.15, 0.2) is 0 Å². The van der Waals surface area contributed by atoms with Gasteiger partial charge in [0.2, 0.25) is 0 Å². The van der Waals surface area contributed by atoms with E-state index in [-0.39, 0.29) is 0 Å². The van der Waals surface area contributed by atoms with Crippen LogP contribution in [0.5, 0.6) is 0 Å². The van der Waals surface area contributed by atoms with Crippen molar-refractivity contribution in [2.45, 2.75) is 110 Å². The molecule has 0 spiro atoms. The van der Waals surface area contributed by atoms with Gasteiger partial charge < -0.3 is 0 Å². The lowest BCUT2D eigenvalue weighted by Gasteiger charge is -2.31. The number of fused-ring (bicyclic) bond motifs is 3. The summed E-state index contributed by atoms with van der Waals surface area (Å²) in [7, 11) is 0. The molecule has 0 fully saturated rings. The van der Waals surface area contributed by atoms with Gasteiger partial charge in [0.25, 0.3) is 0 Å². The van der Waals surface area contributed by atoms with E-state index >= 15 is 0 Å². The highest BCUT2D eigenvalue weighted by Gasteiger charge is 2.45. The minimum absolute atomic E-state index is 0.294. The second-order valence-electron chi connectivity index (χ2n) is 9.09. The lowest BCUT2D eigenvalue weighted by molar-refractivity contribution is 0.406. The highest BCUT2D eigenvalue weighted by atomic mass is 32.1. The van der Waals surface area contributed by atoms with Crippen LogP contribution in [0.1, 0.15) is 126 Å². The average molecular weight is 403 g/mol. The van der Waals surface area contributed by atoms with Crippen LogP contribution in [0.4, 0.5) is 0 Å². The lowest BCUT2D eigenvalue weighted by Crippen LogP contribution is -2.25. The molecular weight excluding hydrogens is 364 g/mol. The molecule has 3 rings (SSSR count). The second kappa shape index (κ2) is 8.82. The van der Waals surface area contributed by atoms with Gasteiger partial charge >= 0.3 is 0 Å². The third kappa shape index (κ3) is 3.94. The summed E-state index contributed by atoms with van der Waals surface area (Å²) in [5.41, 5.74) is 3.68. The topological polar surface area (TPSA) is 0 Å². The van der Waals surface area contributed by atoms with Crippen LogP contribution in [-0.2, 0) is 5.41 Å². The number of hydrogen-bond donors (Lipinski definition) is 0. The number of rotatable bonds is 10. The van der Waals surface area contributed by atoms with Crippen molar-refractivity contribution in [3.8, 4) is 9.75 Å². The van der Waals surface area contributed by atoms with E-state index in [1.807, 2.05) is 0 Å². The van der Waals surface area contributed by atoms with Crippen molar-refractivity contribution in [3.05, 3.63) is 33.0 Å². The van der Waals surface area contributed by atoms with Gasteiger partial charge in [-0.15, -0.1) is 22.7 Å². The number of hydrogen-bond acceptors (Lipinski definition) is 2. The van der Waals surface area contributed by atoms with Crippen LogP contribution >= 0.6 is 22.7 Å². The molecule has 2 heteroatoms. The minimum atomic E-state index is 0.294. The van der Waals surface area contributed by atoms with Crippen LogP contribution in [0.25, 0.3) is 9.75 Å². The number of unbranched alkanes of at least 4 members (excludes halogenated alkanes) is 4. The predicted molar refractivity (Wildman–Crippen MR) is 125 cm³/mol. The maximum Gasteiger partial charge on any atom is 0.0489 e. The summed E-state index contributed by atoms with van der Waals surface area (Å²) in [6, 6.07) is 5.20. The van der Waals surface area contributed by atoms with Gasteiger partial charge in [0, 0.05) is 24.9 Å². The van der Waals surface area contributed by atoms with Gasteiger partial charge in [0.1, 0.15) is 0 Å². The zero-order chi connectivity index (χ0) is 19.6. The molecular formula is C25H38S2. The van der Waals surface area contributed by atoms with E-state index in [1.165, 1.54) is 51.4 Å². The van der Waals surface area contributed by atoms with Crippen molar-refractivity contribution >= 4 is 22.7 Å². The Bertz CT molecular complexity index is 680. The quantitative estimate of drug-likeness (QED) is 0.347. The van der Waals surface area contributed by atoms with Crippen LogP contribution < -0.4 is 0 Å². The van der Waals surface area contributed by atoms with Crippen molar-refractivity contribution in [2.24, 2.45) is 0 Å². The van der Waals surface area contributed by atoms with Crippen molar-refractivity contribution in [3.63, 3.8) is 0 Å². The molecule has 0 saturated carbocycles. The van der Waals surface area contributed by atoms with E-state index in [4.69, 9.17) is 0 Å². The van der Waals surface area contributed by atoms with Crippen LogP contribution in [0, 0.1) is 0 Å². The molecule has 0 nitrogen and oxygen atoms in total. The van der Waals surface area contributed by atoms with Crippen molar-refractivity contribution in [1.82, 2.24) is 0 Å². The lowest BCUT2D eigenvalue weighted by atomic mass is 9.71. The molecule has 2 aromatic rings. The summed E-state index contributed by atoms with van der Waals surface area (Å²) in [4.78, 5) is 6.42. The fraction of sp³-hybridized carbons (Fsp3) is 0.680. The van der Waals surface area contributed by atoms with Gasteiger partial charge in [-0.05, 0) is 47.9 Å². The molecule has 27 heavy (non-hydrogen) atoms. The van der Waals surface area contributed by atoms with E-state index in [2.05, 4.69) is 76.3 Å². The van der Waals surface area contributed by atoms with Crippen molar-refractivity contribution in [2.75, 3.05) is 0 Å². The van der Waals surface area contributed by atoms with Gasteiger partial charge in [-0.1, -0.05) is 80.1 Å². The summed E-state index contributed by atoms with van der Waals surface area (Å²) in [5.74, 6) is 1.27. The molecule has 0 radical (unpaired) electrons. The monoisotopic (exact) mass is 402 g/mol. The molecule has 150 valence electrons. The molecule has 0 saturated heterocycles. The highest BCUT2D eigenvalue weighted by molar-refractivity contribution is 7.22. The Hall–Kier alpha value is -0.600. The van der Waals surface area contributed by atoms with E-state index in [9.17, 15) is 0 Å². The Labute approximate surface area is 175 Å². The van der Waals surface area contributed by atoms with Crippen LogP contribution in [0.2, 0.25) is 0 Å². The average Bonchev–Trinajstić information content (AvgIpc) is 3.29. The molecule has 0 unspecified atom stereocenters. The molecule has 0 aliphatic heterocycles. The minimum Gasteiger partial charge on any atom is -0.139 e. The smallest absolute Gasteiger partial charge is 0.0489 e. The molecule has 1 aliphatic rings. The molecule has 1 aliphatic carbocycles. The third-order valence-electron chi connectivity index (χ3n) is 6.29.